The van der Waals surface area contributed by atoms with Crippen LogP contribution in [0.25, 0.3) is 0 Å². The molecule has 1 heterocycles. The van der Waals surface area contributed by atoms with Crippen LogP contribution in [-0.2, 0) is 21.4 Å². The van der Waals surface area contributed by atoms with Crippen molar-refractivity contribution in [2.24, 2.45) is 5.73 Å². The van der Waals surface area contributed by atoms with Gasteiger partial charge in [-0.1, -0.05) is 12.1 Å². The zero-order valence-electron chi connectivity index (χ0n) is 12.1. The Hall–Kier alpha value is -0.980. The molecule has 110 valence electrons. The van der Waals surface area contributed by atoms with Crippen molar-refractivity contribution >= 4 is 0 Å². The Labute approximate surface area is 114 Å². The maximum Gasteiger partial charge on any atom is 0.226 e. The summed E-state index contributed by atoms with van der Waals surface area (Å²) in [5, 5.41) is 3.93. The van der Waals surface area contributed by atoms with Gasteiger partial charge in [-0.25, -0.2) is 0 Å². The third-order valence-corrected chi connectivity index (χ3v) is 2.61. The van der Waals surface area contributed by atoms with Crippen LogP contribution in [0.15, 0.2) is 4.52 Å². The van der Waals surface area contributed by atoms with E-state index in [-0.39, 0.29) is 0 Å². The smallest absolute Gasteiger partial charge is 0.226 e. The van der Waals surface area contributed by atoms with Gasteiger partial charge in [0, 0.05) is 26.2 Å². The molecule has 1 rings (SSSR count). The van der Waals surface area contributed by atoms with Crippen LogP contribution in [0.2, 0.25) is 0 Å². The number of ether oxygens (including phenoxy) is 2. The molecular weight excluding hydrogens is 246 g/mol. The SMILES string of the molecule is CCCOCC(C)(N)c1noc(CCCOCC)n1. The van der Waals surface area contributed by atoms with Crippen molar-refractivity contribution in [3.8, 4) is 0 Å². The lowest BCUT2D eigenvalue weighted by Gasteiger charge is -2.19. The molecule has 1 atom stereocenters. The van der Waals surface area contributed by atoms with Crippen molar-refractivity contribution in [1.82, 2.24) is 10.1 Å². The van der Waals surface area contributed by atoms with E-state index in [0.717, 1.165) is 19.4 Å². The summed E-state index contributed by atoms with van der Waals surface area (Å²) < 4.78 is 15.9. The third-order valence-electron chi connectivity index (χ3n) is 2.61. The fourth-order valence-electron chi connectivity index (χ4n) is 1.55. The van der Waals surface area contributed by atoms with E-state index in [9.17, 15) is 0 Å². The predicted octanol–water partition coefficient (Wildman–Crippen LogP) is 1.64. The number of nitrogens with zero attached hydrogens (tertiary/aromatic N) is 2. The number of aromatic nitrogens is 2. The number of aryl methyl sites for hydroxylation is 1. The van der Waals surface area contributed by atoms with Gasteiger partial charge < -0.3 is 19.7 Å². The van der Waals surface area contributed by atoms with Crippen molar-refractivity contribution in [3.63, 3.8) is 0 Å². The fourth-order valence-corrected chi connectivity index (χ4v) is 1.55. The fraction of sp³-hybridized carbons (Fsp3) is 0.846. The Morgan fingerprint density at radius 1 is 1.26 bits per heavy atom. The normalized spacial score (nSPS) is 14.5. The minimum Gasteiger partial charge on any atom is -0.382 e. The molecular formula is C13H25N3O3. The van der Waals surface area contributed by atoms with E-state index in [1.54, 1.807) is 0 Å². The second-order valence-electron chi connectivity index (χ2n) is 4.78. The monoisotopic (exact) mass is 271 g/mol. The van der Waals surface area contributed by atoms with Gasteiger partial charge in [-0.15, -0.1) is 0 Å². The van der Waals surface area contributed by atoms with Gasteiger partial charge in [0.1, 0.15) is 5.54 Å². The van der Waals surface area contributed by atoms with Crippen molar-refractivity contribution in [3.05, 3.63) is 11.7 Å². The zero-order chi connectivity index (χ0) is 14.1. The highest BCUT2D eigenvalue weighted by Crippen LogP contribution is 2.15. The van der Waals surface area contributed by atoms with E-state index in [1.165, 1.54) is 0 Å². The first-order valence-electron chi connectivity index (χ1n) is 6.87. The Balaban J connectivity index is 2.43. The van der Waals surface area contributed by atoms with Crippen LogP contribution in [0.1, 0.15) is 45.3 Å². The lowest BCUT2D eigenvalue weighted by molar-refractivity contribution is 0.0867. The van der Waals surface area contributed by atoms with Crippen molar-refractivity contribution in [2.75, 3.05) is 26.4 Å². The van der Waals surface area contributed by atoms with Crippen LogP contribution in [-0.4, -0.2) is 36.6 Å². The van der Waals surface area contributed by atoms with Crippen molar-refractivity contribution < 1.29 is 14.0 Å². The molecule has 1 aromatic heterocycles. The minimum atomic E-state index is -0.711. The van der Waals surface area contributed by atoms with E-state index >= 15 is 0 Å². The highest BCUT2D eigenvalue weighted by molar-refractivity contribution is 5.01. The number of nitrogens with two attached hydrogens (primary N) is 1. The lowest BCUT2D eigenvalue weighted by atomic mass is 10.1. The first-order chi connectivity index (χ1) is 9.10. The standard InChI is InChI=1S/C13H25N3O3/c1-4-8-18-10-13(3,14)12-15-11(19-16-12)7-6-9-17-5-2/h4-10,14H2,1-3H3. The molecule has 0 amide bonds. The predicted molar refractivity (Wildman–Crippen MR) is 71.8 cm³/mol. The summed E-state index contributed by atoms with van der Waals surface area (Å²) in [6.45, 7) is 8.38. The zero-order valence-corrected chi connectivity index (χ0v) is 12.1. The first-order valence-corrected chi connectivity index (χ1v) is 6.87. The molecule has 0 bridgehead atoms. The quantitative estimate of drug-likeness (QED) is 0.651. The van der Waals surface area contributed by atoms with Gasteiger partial charge in [-0.05, 0) is 26.7 Å². The van der Waals surface area contributed by atoms with Crippen LogP contribution in [0.5, 0.6) is 0 Å². The van der Waals surface area contributed by atoms with Gasteiger partial charge in [0.15, 0.2) is 5.82 Å². The minimum absolute atomic E-state index is 0.388. The molecule has 0 spiro atoms. The molecule has 6 heteroatoms. The van der Waals surface area contributed by atoms with Crippen LogP contribution in [0, 0.1) is 0 Å². The van der Waals surface area contributed by atoms with Gasteiger partial charge in [0.2, 0.25) is 5.89 Å². The molecule has 6 nitrogen and oxygen atoms in total. The summed E-state index contributed by atoms with van der Waals surface area (Å²) in [6, 6.07) is 0. The Bertz CT molecular complexity index is 353. The summed E-state index contributed by atoms with van der Waals surface area (Å²) >= 11 is 0. The number of hydrogen-bond donors (Lipinski definition) is 1. The van der Waals surface area contributed by atoms with Crippen molar-refractivity contribution in [2.45, 2.75) is 45.6 Å². The summed E-state index contributed by atoms with van der Waals surface area (Å²) in [6.07, 6.45) is 2.53. The van der Waals surface area contributed by atoms with Gasteiger partial charge >= 0.3 is 0 Å². The molecule has 0 aliphatic heterocycles. The van der Waals surface area contributed by atoms with E-state index in [2.05, 4.69) is 17.1 Å². The van der Waals surface area contributed by atoms with E-state index in [1.807, 2.05) is 13.8 Å². The van der Waals surface area contributed by atoms with E-state index in [4.69, 9.17) is 19.7 Å². The lowest BCUT2D eigenvalue weighted by Crippen LogP contribution is -2.39. The number of rotatable bonds is 10. The van der Waals surface area contributed by atoms with E-state index in [0.29, 0.717) is 38.0 Å². The van der Waals surface area contributed by atoms with Gasteiger partial charge in [-0.3, -0.25) is 0 Å². The first kappa shape index (κ1) is 16.1. The topological polar surface area (TPSA) is 83.4 Å². The largest absolute Gasteiger partial charge is 0.382 e. The summed E-state index contributed by atoms with van der Waals surface area (Å²) in [7, 11) is 0. The third kappa shape index (κ3) is 5.67. The highest BCUT2D eigenvalue weighted by Gasteiger charge is 2.27. The average Bonchev–Trinajstić information content (AvgIpc) is 2.84. The molecule has 0 saturated carbocycles. The molecule has 0 radical (unpaired) electrons. The Kier molecular flexibility index (Phi) is 6.97. The molecule has 0 aliphatic rings. The van der Waals surface area contributed by atoms with E-state index < -0.39 is 5.54 Å². The molecule has 19 heavy (non-hydrogen) atoms. The molecule has 0 aliphatic carbocycles. The second-order valence-corrected chi connectivity index (χ2v) is 4.78. The van der Waals surface area contributed by atoms with Crippen LogP contribution < -0.4 is 5.73 Å². The molecule has 0 aromatic carbocycles. The van der Waals surface area contributed by atoms with Crippen LogP contribution in [0.3, 0.4) is 0 Å². The second kappa shape index (κ2) is 8.24. The summed E-state index contributed by atoms with van der Waals surface area (Å²) in [5.41, 5.74) is 5.42. The molecule has 1 aromatic rings. The molecule has 0 fully saturated rings. The maximum absolute atomic E-state index is 6.13. The van der Waals surface area contributed by atoms with Crippen LogP contribution in [0.4, 0.5) is 0 Å². The highest BCUT2D eigenvalue weighted by atomic mass is 16.5. The average molecular weight is 271 g/mol. The summed E-state index contributed by atoms with van der Waals surface area (Å²) in [5.74, 6) is 1.09. The van der Waals surface area contributed by atoms with Gasteiger partial charge in [0.05, 0.1) is 6.61 Å². The van der Waals surface area contributed by atoms with Gasteiger partial charge in [0.25, 0.3) is 0 Å². The van der Waals surface area contributed by atoms with Crippen LogP contribution >= 0.6 is 0 Å². The number of hydrogen-bond acceptors (Lipinski definition) is 6. The molecule has 0 saturated heterocycles. The van der Waals surface area contributed by atoms with Gasteiger partial charge in [-0.2, -0.15) is 4.98 Å². The molecule has 2 N–H and O–H groups in total. The summed E-state index contributed by atoms with van der Waals surface area (Å²) in [4.78, 5) is 4.32. The van der Waals surface area contributed by atoms with Crippen molar-refractivity contribution in [1.29, 1.82) is 0 Å². The molecule has 1 unspecified atom stereocenters. The Morgan fingerprint density at radius 2 is 2.05 bits per heavy atom. The Morgan fingerprint density at radius 3 is 2.74 bits per heavy atom. The maximum atomic E-state index is 6.13.